The van der Waals surface area contributed by atoms with Crippen LogP contribution in [0, 0.1) is 13.8 Å². The van der Waals surface area contributed by atoms with Gasteiger partial charge in [0, 0.05) is 13.1 Å². The largest absolute Gasteiger partial charge is 0.332 e. The number of imidazole rings is 1. The zero-order valence-electron chi connectivity index (χ0n) is 16.4. The number of likely N-dealkylation sites (tertiary alicyclic amines) is 1. The van der Waals surface area contributed by atoms with Crippen molar-refractivity contribution in [3.8, 4) is 0 Å². The molecule has 1 aliphatic heterocycles. The maximum atomic E-state index is 13.2. The normalized spacial score (nSPS) is 17.0. The van der Waals surface area contributed by atoms with Crippen LogP contribution in [0.15, 0.2) is 42.5 Å². The fourth-order valence-electron chi connectivity index (χ4n) is 4.27. The molecule has 0 radical (unpaired) electrons. The lowest BCUT2D eigenvalue weighted by Gasteiger charge is -2.25. The standard InChI is InChI=1S/C23H27N3O/c1-4-25-20-9-6-5-8-19(20)24-23(25)21-10-7-13-26(21)22(27)15-18-14-16(2)11-12-17(18)3/h5-6,8-9,11-12,14,21H,4,7,10,13,15H2,1-3H3. The Bertz CT molecular complexity index is 988. The first-order chi connectivity index (χ1) is 13.1. The molecule has 0 spiro atoms. The molecule has 0 N–H and O–H groups in total. The third kappa shape index (κ3) is 3.25. The lowest BCUT2D eigenvalue weighted by Crippen LogP contribution is -2.33. The highest BCUT2D eigenvalue weighted by Gasteiger charge is 2.33. The number of nitrogens with zero attached hydrogens (tertiary/aromatic N) is 3. The third-order valence-electron chi connectivity index (χ3n) is 5.72. The Morgan fingerprint density at radius 2 is 2.00 bits per heavy atom. The van der Waals surface area contributed by atoms with Gasteiger partial charge in [0.1, 0.15) is 5.82 Å². The number of carbonyl (C=O) groups is 1. The van der Waals surface area contributed by atoms with Crippen LogP contribution < -0.4 is 0 Å². The van der Waals surface area contributed by atoms with Gasteiger partial charge in [-0.1, -0.05) is 35.9 Å². The van der Waals surface area contributed by atoms with Gasteiger partial charge in [0.05, 0.1) is 23.5 Å². The number of hydrogen-bond acceptors (Lipinski definition) is 2. The van der Waals surface area contributed by atoms with E-state index < -0.39 is 0 Å². The van der Waals surface area contributed by atoms with Crippen LogP contribution in [0.1, 0.15) is 48.3 Å². The van der Waals surface area contributed by atoms with Crippen LogP contribution in [0.5, 0.6) is 0 Å². The second-order valence-corrected chi connectivity index (χ2v) is 7.55. The summed E-state index contributed by atoms with van der Waals surface area (Å²) >= 11 is 0. The minimum atomic E-state index is 0.0787. The van der Waals surface area contributed by atoms with Gasteiger partial charge < -0.3 is 9.47 Å². The fraction of sp³-hybridized carbons (Fsp3) is 0.391. The second-order valence-electron chi connectivity index (χ2n) is 7.55. The molecule has 0 bridgehead atoms. The highest BCUT2D eigenvalue weighted by atomic mass is 16.2. The van der Waals surface area contributed by atoms with Crippen LogP contribution in [0.4, 0.5) is 0 Å². The first-order valence-corrected chi connectivity index (χ1v) is 9.89. The van der Waals surface area contributed by atoms with E-state index in [-0.39, 0.29) is 11.9 Å². The Morgan fingerprint density at radius 3 is 2.81 bits per heavy atom. The monoisotopic (exact) mass is 361 g/mol. The topological polar surface area (TPSA) is 38.1 Å². The first kappa shape index (κ1) is 17.8. The number of aryl methyl sites for hydroxylation is 3. The minimum Gasteiger partial charge on any atom is -0.332 e. The van der Waals surface area contributed by atoms with E-state index in [0.717, 1.165) is 48.4 Å². The third-order valence-corrected chi connectivity index (χ3v) is 5.72. The number of amides is 1. The fourth-order valence-corrected chi connectivity index (χ4v) is 4.27. The van der Waals surface area contributed by atoms with E-state index >= 15 is 0 Å². The summed E-state index contributed by atoms with van der Waals surface area (Å²) in [5.41, 5.74) is 5.70. The van der Waals surface area contributed by atoms with Crippen LogP contribution >= 0.6 is 0 Å². The molecule has 1 fully saturated rings. The number of carbonyl (C=O) groups excluding carboxylic acids is 1. The molecule has 140 valence electrons. The molecule has 2 heterocycles. The lowest BCUT2D eigenvalue weighted by molar-refractivity contribution is -0.131. The van der Waals surface area contributed by atoms with Crippen LogP contribution in [0.25, 0.3) is 11.0 Å². The summed E-state index contributed by atoms with van der Waals surface area (Å²) in [6.07, 6.45) is 2.49. The Morgan fingerprint density at radius 1 is 1.19 bits per heavy atom. The molecule has 4 rings (SSSR count). The van der Waals surface area contributed by atoms with Gasteiger partial charge in [0.15, 0.2) is 0 Å². The smallest absolute Gasteiger partial charge is 0.227 e. The second kappa shape index (κ2) is 7.18. The number of benzene rings is 2. The molecule has 1 atom stereocenters. The molecule has 1 aromatic heterocycles. The molecule has 27 heavy (non-hydrogen) atoms. The highest BCUT2D eigenvalue weighted by molar-refractivity contribution is 5.80. The Balaban J connectivity index is 1.64. The summed E-state index contributed by atoms with van der Waals surface area (Å²) in [6.45, 7) is 8.00. The Labute approximate surface area is 160 Å². The van der Waals surface area contributed by atoms with Crippen LogP contribution in [0.3, 0.4) is 0 Å². The van der Waals surface area contributed by atoms with Gasteiger partial charge in [0.2, 0.25) is 5.91 Å². The lowest BCUT2D eigenvalue weighted by atomic mass is 10.0. The molecule has 3 aromatic rings. The van der Waals surface area contributed by atoms with Crippen molar-refractivity contribution in [2.75, 3.05) is 6.54 Å². The SMILES string of the molecule is CCn1c(C2CCCN2C(=O)Cc2cc(C)ccc2C)nc2ccccc21. The summed E-state index contributed by atoms with van der Waals surface area (Å²) < 4.78 is 2.27. The van der Waals surface area contributed by atoms with Crippen LogP contribution in [0.2, 0.25) is 0 Å². The van der Waals surface area contributed by atoms with E-state index in [1.54, 1.807) is 0 Å². The molecule has 1 amide bonds. The van der Waals surface area contributed by atoms with E-state index in [1.165, 1.54) is 11.1 Å². The predicted molar refractivity (Wildman–Crippen MR) is 109 cm³/mol. The van der Waals surface area contributed by atoms with E-state index in [9.17, 15) is 4.79 Å². The van der Waals surface area contributed by atoms with Gasteiger partial charge in [0.25, 0.3) is 0 Å². The maximum absolute atomic E-state index is 13.2. The predicted octanol–water partition coefficient (Wildman–Crippen LogP) is 4.58. The maximum Gasteiger partial charge on any atom is 0.227 e. The van der Waals surface area contributed by atoms with Crippen molar-refractivity contribution >= 4 is 16.9 Å². The Kier molecular flexibility index (Phi) is 4.73. The van der Waals surface area contributed by atoms with Crippen LogP contribution in [-0.2, 0) is 17.8 Å². The Hall–Kier alpha value is -2.62. The summed E-state index contributed by atoms with van der Waals surface area (Å²) in [5, 5.41) is 0. The molecule has 4 nitrogen and oxygen atoms in total. The van der Waals surface area contributed by atoms with Crippen molar-refractivity contribution in [2.24, 2.45) is 0 Å². The molecule has 1 aliphatic rings. The minimum absolute atomic E-state index is 0.0787. The number of rotatable bonds is 4. The van der Waals surface area contributed by atoms with Gasteiger partial charge >= 0.3 is 0 Å². The first-order valence-electron chi connectivity index (χ1n) is 9.89. The molecular formula is C23H27N3O. The van der Waals surface area contributed by atoms with Crippen molar-refractivity contribution in [3.63, 3.8) is 0 Å². The molecular weight excluding hydrogens is 334 g/mol. The molecule has 0 saturated carbocycles. The van der Waals surface area contributed by atoms with Crippen LogP contribution in [-0.4, -0.2) is 26.9 Å². The molecule has 1 unspecified atom stereocenters. The van der Waals surface area contributed by atoms with Gasteiger partial charge in [-0.25, -0.2) is 4.98 Å². The number of aromatic nitrogens is 2. The van der Waals surface area contributed by atoms with Gasteiger partial charge in [-0.2, -0.15) is 0 Å². The number of fused-ring (bicyclic) bond motifs is 1. The molecule has 4 heteroatoms. The average Bonchev–Trinajstić information content (AvgIpc) is 3.28. The van der Waals surface area contributed by atoms with E-state index in [1.807, 2.05) is 6.07 Å². The van der Waals surface area contributed by atoms with Crippen molar-refractivity contribution < 1.29 is 4.79 Å². The van der Waals surface area contributed by atoms with Gasteiger partial charge in [-0.3, -0.25) is 4.79 Å². The summed E-state index contributed by atoms with van der Waals surface area (Å²) in [6, 6.07) is 14.7. The summed E-state index contributed by atoms with van der Waals surface area (Å²) in [7, 11) is 0. The van der Waals surface area contributed by atoms with E-state index in [4.69, 9.17) is 4.98 Å². The molecule has 0 aliphatic carbocycles. The molecule has 1 saturated heterocycles. The zero-order valence-corrected chi connectivity index (χ0v) is 16.4. The highest BCUT2D eigenvalue weighted by Crippen LogP contribution is 2.34. The van der Waals surface area contributed by atoms with E-state index in [0.29, 0.717) is 6.42 Å². The number of hydrogen-bond donors (Lipinski definition) is 0. The van der Waals surface area contributed by atoms with Gasteiger partial charge in [-0.05, 0) is 56.9 Å². The summed E-state index contributed by atoms with van der Waals surface area (Å²) in [4.78, 5) is 20.1. The van der Waals surface area contributed by atoms with Crippen molar-refractivity contribution in [1.29, 1.82) is 0 Å². The average molecular weight is 361 g/mol. The van der Waals surface area contributed by atoms with E-state index in [2.05, 4.69) is 66.6 Å². The quantitative estimate of drug-likeness (QED) is 0.682. The van der Waals surface area contributed by atoms with Crippen molar-refractivity contribution in [3.05, 3.63) is 65.0 Å². The van der Waals surface area contributed by atoms with Gasteiger partial charge in [-0.15, -0.1) is 0 Å². The zero-order chi connectivity index (χ0) is 19.0. The summed E-state index contributed by atoms with van der Waals surface area (Å²) in [5.74, 6) is 1.24. The number of para-hydroxylation sites is 2. The van der Waals surface area contributed by atoms with Crippen molar-refractivity contribution in [1.82, 2.24) is 14.5 Å². The van der Waals surface area contributed by atoms with Crippen molar-refractivity contribution in [2.45, 2.75) is 52.6 Å². The molecule has 2 aromatic carbocycles.